The van der Waals surface area contributed by atoms with Gasteiger partial charge in [0.2, 0.25) is 0 Å². The minimum Gasteiger partial charge on any atom is -0.289 e. The van der Waals surface area contributed by atoms with E-state index in [1.165, 1.54) is 0 Å². The van der Waals surface area contributed by atoms with Gasteiger partial charge in [-0.25, -0.2) is 19.4 Å². The Kier molecular flexibility index (Phi) is 12.1. The summed E-state index contributed by atoms with van der Waals surface area (Å²) in [5, 5.41) is 0. The molecule has 64 heavy (non-hydrogen) atoms. The SMILES string of the molecule is Cc1cc(C)c(C(=O)c2ccc(C(=O)OOC(=O)c3ccc(C(=O)c4c(C)cc(C)cc4C)c(-c4ccccc4)c3-c3ccccc3)c(-c3ccccc3)c2-c2ccccc2)c(C)c1. The molecule has 0 amide bonds. The van der Waals surface area contributed by atoms with E-state index in [-0.39, 0.29) is 22.7 Å². The average Bonchev–Trinajstić information content (AvgIpc) is 3.30. The van der Waals surface area contributed by atoms with Crippen LogP contribution in [0.5, 0.6) is 0 Å². The van der Waals surface area contributed by atoms with Crippen molar-refractivity contribution in [1.82, 2.24) is 0 Å². The summed E-state index contributed by atoms with van der Waals surface area (Å²) in [6, 6.07) is 51.8. The highest BCUT2D eigenvalue weighted by Gasteiger charge is 2.30. The van der Waals surface area contributed by atoms with E-state index in [1.54, 1.807) is 24.3 Å². The summed E-state index contributed by atoms with van der Waals surface area (Å²) in [6.45, 7) is 11.7. The molecule has 0 saturated carbocycles. The van der Waals surface area contributed by atoms with Gasteiger partial charge >= 0.3 is 11.9 Å². The van der Waals surface area contributed by atoms with E-state index in [4.69, 9.17) is 9.78 Å². The number of hydrogen-bond acceptors (Lipinski definition) is 6. The number of carbonyl (C=O) groups excluding carboxylic acids is 4. The smallest absolute Gasteiger partial charge is 0.289 e. The second kappa shape index (κ2) is 18.2. The molecular weight excluding hydrogens is 793 g/mol. The Balaban J connectivity index is 1.24. The average molecular weight is 839 g/mol. The van der Waals surface area contributed by atoms with Crippen molar-refractivity contribution in [2.45, 2.75) is 41.5 Å². The molecule has 0 atom stereocenters. The molecule has 0 radical (unpaired) electrons. The first kappa shape index (κ1) is 42.7. The van der Waals surface area contributed by atoms with Gasteiger partial charge in [-0.1, -0.05) is 157 Å². The molecule has 0 unspecified atom stereocenters. The molecule has 314 valence electrons. The van der Waals surface area contributed by atoms with Gasteiger partial charge in [-0.15, -0.1) is 0 Å². The largest absolute Gasteiger partial charge is 0.386 e. The van der Waals surface area contributed by atoms with Crippen LogP contribution in [0.3, 0.4) is 0 Å². The molecule has 0 fully saturated rings. The van der Waals surface area contributed by atoms with Crippen molar-refractivity contribution in [3.63, 3.8) is 0 Å². The van der Waals surface area contributed by atoms with Crippen molar-refractivity contribution in [1.29, 1.82) is 0 Å². The molecule has 6 heteroatoms. The maximum absolute atomic E-state index is 14.7. The Hall–Kier alpha value is -7.96. The Morgan fingerprint density at radius 2 is 0.547 bits per heavy atom. The van der Waals surface area contributed by atoms with E-state index in [1.807, 2.05) is 187 Å². The quantitative estimate of drug-likeness (QED) is 0.0774. The number of hydrogen-bond donors (Lipinski definition) is 0. The minimum absolute atomic E-state index is 0.0878. The fraction of sp³-hybridized carbons (Fsp3) is 0.103. The Morgan fingerprint density at radius 3 is 0.812 bits per heavy atom. The fourth-order valence-corrected chi connectivity index (χ4v) is 9.05. The summed E-state index contributed by atoms with van der Waals surface area (Å²) < 4.78 is 0. The van der Waals surface area contributed by atoms with E-state index in [0.29, 0.717) is 66.8 Å². The van der Waals surface area contributed by atoms with E-state index in [9.17, 15) is 19.2 Å². The number of benzene rings is 8. The lowest BCUT2D eigenvalue weighted by atomic mass is 9.83. The molecule has 8 rings (SSSR count). The molecule has 0 N–H and O–H groups in total. The van der Waals surface area contributed by atoms with Crippen LogP contribution in [0.15, 0.2) is 170 Å². The van der Waals surface area contributed by atoms with Crippen LogP contribution < -0.4 is 0 Å². The van der Waals surface area contributed by atoms with Crippen molar-refractivity contribution in [3.8, 4) is 44.5 Å². The van der Waals surface area contributed by atoms with Crippen LogP contribution in [0.1, 0.15) is 85.9 Å². The number of aryl methyl sites for hydroxylation is 6. The highest BCUT2D eigenvalue weighted by Crippen LogP contribution is 2.42. The highest BCUT2D eigenvalue weighted by molar-refractivity contribution is 6.19. The highest BCUT2D eigenvalue weighted by atomic mass is 17.2. The maximum Gasteiger partial charge on any atom is 0.386 e. The summed E-state index contributed by atoms with van der Waals surface area (Å²) in [7, 11) is 0. The van der Waals surface area contributed by atoms with Crippen LogP contribution in [-0.2, 0) is 9.78 Å². The summed E-state index contributed by atoms with van der Waals surface area (Å²) in [5.74, 6) is -2.25. The first-order valence-corrected chi connectivity index (χ1v) is 21.2. The normalized spacial score (nSPS) is 10.9. The molecule has 0 aliphatic rings. The predicted octanol–water partition coefficient (Wildman–Crippen LogP) is 13.6. The lowest BCUT2D eigenvalue weighted by molar-refractivity contribution is -0.187. The van der Waals surface area contributed by atoms with Crippen molar-refractivity contribution in [3.05, 3.63) is 237 Å². The van der Waals surface area contributed by atoms with Crippen molar-refractivity contribution in [2.75, 3.05) is 0 Å². The zero-order valence-corrected chi connectivity index (χ0v) is 36.6. The molecule has 0 aromatic heterocycles. The first-order chi connectivity index (χ1) is 30.9. The van der Waals surface area contributed by atoms with E-state index in [0.717, 1.165) is 33.4 Å². The standard InChI is InChI=1S/C58H46O6/c1-35-31-37(3)49(38(4)32-35)55(59)45-27-29-47(53(43-23-15-9-16-24-43)51(45)41-19-11-7-12-20-41)57(61)63-64-58(62)48-30-28-46(56(60)50-39(5)33-36(2)34-40(50)6)52(42-21-13-8-14-22-42)54(48)44-25-17-10-18-26-44/h7-34H,1-6H3. The molecule has 0 heterocycles. The molecule has 0 aliphatic carbocycles. The number of ketones is 2. The van der Waals surface area contributed by atoms with Crippen molar-refractivity contribution in [2.24, 2.45) is 0 Å². The third-order valence-corrected chi connectivity index (χ3v) is 11.6. The zero-order chi connectivity index (χ0) is 45.1. The first-order valence-electron chi connectivity index (χ1n) is 21.2. The molecule has 0 spiro atoms. The van der Waals surface area contributed by atoms with Crippen molar-refractivity contribution < 1.29 is 29.0 Å². The molecule has 0 saturated heterocycles. The van der Waals surface area contributed by atoms with Crippen LogP contribution in [0.2, 0.25) is 0 Å². The maximum atomic E-state index is 14.7. The summed E-state index contributed by atoms with van der Waals surface area (Å²) in [4.78, 5) is 69.3. The van der Waals surface area contributed by atoms with Gasteiger partial charge < -0.3 is 0 Å². The van der Waals surface area contributed by atoms with Crippen LogP contribution in [0.25, 0.3) is 44.5 Å². The second-order valence-electron chi connectivity index (χ2n) is 16.2. The summed E-state index contributed by atoms with van der Waals surface area (Å²) in [6.07, 6.45) is 0. The van der Waals surface area contributed by atoms with Crippen LogP contribution >= 0.6 is 0 Å². The molecule has 8 aromatic carbocycles. The molecule has 8 aromatic rings. The lowest BCUT2D eigenvalue weighted by Gasteiger charge is -2.20. The summed E-state index contributed by atoms with van der Waals surface area (Å²) in [5.41, 5.74) is 12.4. The number of rotatable bonds is 10. The third kappa shape index (κ3) is 8.34. The predicted molar refractivity (Wildman–Crippen MR) is 254 cm³/mol. The zero-order valence-electron chi connectivity index (χ0n) is 36.6. The topological polar surface area (TPSA) is 86.7 Å². The van der Waals surface area contributed by atoms with E-state index in [2.05, 4.69) is 0 Å². The fourth-order valence-electron chi connectivity index (χ4n) is 9.05. The second-order valence-corrected chi connectivity index (χ2v) is 16.2. The molecular formula is C58H46O6. The van der Waals surface area contributed by atoms with Gasteiger partial charge in [0.25, 0.3) is 0 Å². The minimum atomic E-state index is -0.937. The molecule has 6 nitrogen and oxygen atoms in total. The van der Waals surface area contributed by atoms with E-state index < -0.39 is 11.9 Å². The lowest BCUT2D eigenvalue weighted by Crippen LogP contribution is -2.16. The van der Waals surface area contributed by atoms with Gasteiger partial charge in [0.1, 0.15) is 0 Å². The summed E-state index contributed by atoms with van der Waals surface area (Å²) >= 11 is 0. The van der Waals surface area contributed by atoms with Gasteiger partial charge in [0.05, 0.1) is 11.1 Å². The van der Waals surface area contributed by atoms with Gasteiger partial charge in [0.15, 0.2) is 11.6 Å². The van der Waals surface area contributed by atoms with Gasteiger partial charge in [-0.3, -0.25) is 9.59 Å². The van der Waals surface area contributed by atoms with Crippen LogP contribution in [-0.4, -0.2) is 23.5 Å². The third-order valence-electron chi connectivity index (χ3n) is 11.6. The van der Waals surface area contributed by atoms with Gasteiger partial charge in [-0.2, -0.15) is 0 Å². The Morgan fingerprint density at radius 1 is 0.312 bits per heavy atom. The van der Waals surface area contributed by atoms with E-state index >= 15 is 0 Å². The molecule has 0 bridgehead atoms. The number of carbonyl (C=O) groups is 4. The van der Waals surface area contributed by atoms with Gasteiger partial charge in [0, 0.05) is 44.5 Å². The Labute approximate surface area is 373 Å². The van der Waals surface area contributed by atoms with Crippen molar-refractivity contribution >= 4 is 23.5 Å². The Bertz CT molecular complexity index is 2840. The monoisotopic (exact) mass is 838 g/mol. The molecule has 0 aliphatic heterocycles. The van der Waals surface area contributed by atoms with Gasteiger partial charge in [-0.05, 0) is 110 Å². The van der Waals surface area contributed by atoms with Crippen LogP contribution in [0, 0.1) is 41.5 Å². The van der Waals surface area contributed by atoms with Crippen LogP contribution in [0.4, 0.5) is 0 Å².